The summed E-state index contributed by atoms with van der Waals surface area (Å²) in [5, 5.41) is 57.8. The monoisotopic (exact) mass is 412 g/mol. The molecular formula is C24H9N6P. The average Bonchev–Trinajstić information content (AvgIpc) is 2.81. The van der Waals surface area contributed by atoms with Gasteiger partial charge in [-0.25, -0.2) is 0 Å². The molecule has 3 rings (SSSR count). The molecule has 7 heteroatoms. The highest BCUT2D eigenvalue weighted by atomic mass is 31.0. The molecule has 1 atom stereocenters. The molecule has 0 amide bonds. The summed E-state index contributed by atoms with van der Waals surface area (Å²) in [6, 6.07) is 23.1. The average molecular weight is 412 g/mol. The van der Waals surface area contributed by atoms with Crippen molar-refractivity contribution in [3.05, 3.63) is 75.8 Å². The highest BCUT2D eigenvalue weighted by molar-refractivity contribution is 7.28. The molecule has 1 unspecified atom stereocenters. The summed E-state index contributed by atoms with van der Waals surface area (Å²) >= 11 is 0. The van der Waals surface area contributed by atoms with Crippen molar-refractivity contribution in [1.82, 2.24) is 0 Å². The first-order chi connectivity index (χ1) is 15.1. The maximum Gasteiger partial charge on any atom is 0.102 e. The van der Waals surface area contributed by atoms with Crippen LogP contribution < -0.4 is 5.30 Å². The van der Waals surface area contributed by atoms with Crippen LogP contribution in [0.2, 0.25) is 0 Å². The lowest BCUT2D eigenvalue weighted by atomic mass is 9.86. The molecule has 3 aromatic carbocycles. The summed E-state index contributed by atoms with van der Waals surface area (Å²) in [5.74, 6) is 0. The Hall–Kier alpha value is -4.97. The van der Waals surface area contributed by atoms with Gasteiger partial charge in [0.25, 0.3) is 0 Å². The molecule has 0 aliphatic heterocycles. The number of nitrogens with zero attached hydrogens (tertiary/aromatic N) is 6. The molecule has 6 nitrogen and oxygen atoms in total. The summed E-state index contributed by atoms with van der Waals surface area (Å²) in [6.07, 6.45) is 0. The number of hydrogen-bond donors (Lipinski definition) is 0. The van der Waals surface area contributed by atoms with Crippen molar-refractivity contribution in [1.29, 1.82) is 31.6 Å². The lowest BCUT2D eigenvalue weighted by Crippen LogP contribution is -2.04. The van der Waals surface area contributed by atoms with Crippen LogP contribution in [0, 0.1) is 68.0 Å². The molecule has 0 saturated carbocycles. The van der Waals surface area contributed by atoms with Gasteiger partial charge >= 0.3 is 0 Å². The van der Waals surface area contributed by atoms with Crippen molar-refractivity contribution in [2.75, 3.05) is 0 Å². The fraction of sp³-hybridized carbons (Fsp3) is 0. The maximum atomic E-state index is 9.77. The van der Waals surface area contributed by atoms with Crippen LogP contribution in [0.1, 0.15) is 33.4 Å². The van der Waals surface area contributed by atoms with E-state index in [1.807, 2.05) is 36.4 Å². The predicted octanol–water partition coefficient (Wildman–Crippen LogP) is 3.75. The van der Waals surface area contributed by atoms with Crippen LogP contribution in [0.3, 0.4) is 0 Å². The van der Waals surface area contributed by atoms with E-state index in [4.69, 9.17) is 0 Å². The Morgan fingerprint density at radius 2 is 0.968 bits per heavy atom. The van der Waals surface area contributed by atoms with Gasteiger partial charge in [-0.2, -0.15) is 31.6 Å². The van der Waals surface area contributed by atoms with E-state index in [-0.39, 0.29) is 33.4 Å². The van der Waals surface area contributed by atoms with E-state index in [0.717, 1.165) is 0 Å². The lowest BCUT2D eigenvalue weighted by Gasteiger charge is -2.17. The summed E-state index contributed by atoms with van der Waals surface area (Å²) in [7, 11) is 2.56. The van der Waals surface area contributed by atoms with Gasteiger partial charge in [-0.3, -0.25) is 0 Å². The Balaban J connectivity index is 2.48. The molecule has 0 radical (unpaired) electrons. The third-order valence-electron chi connectivity index (χ3n) is 4.75. The lowest BCUT2D eigenvalue weighted by molar-refractivity contribution is 1.38. The maximum absolute atomic E-state index is 9.77. The zero-order valence-corrected chi connectivity index (χ0v) is 17.0. The standard InChI is InChI=1S/C24H9N6P/c25-8-14-4-6-16(21(12-29)19(14)10-27)17-2-1-3-23(31)24(17)18-7-5-15(9-26)20(11-28)22(18)13-30/h1-7H,31H2. The van der Waals surface area contributed by atoms with Gasteiger partial charge in [0.1, 0.15) is 36.4 Å². The van der Waals surface area contributed by atoms with Crippen LogP contribution in [0.15, 0.2) is 42.5 Å². The van der Waals surface area contributed by atoms with E-state index < -0.39 is 0 Å². The van der Waals surface area contributed by atoms with Crippen molar-refractivity contribution in [2.45, 2.75) is 0 Å². The first-order valence-electron chi connectivity index (χ1n) is 8.70. The smallest absolute Gasteiger partial charge is 0.102 e. The fourth-order valence-electron chi connectivity index (χ4n) is 3.38. The van der Waals surface area contributed by atoms with Gasteiger partial charge in [0.2, 0.25) is 0 Å². The number of nitriles is 6. The van der Waals surface area contributed by atoms with E-state index in [1.165, 1.54) is 12.1 Å². The minimum atomic E-state index is -0.0280. The molecule has 3 aromatic rings. The zero-order chi connectivity index (χ0) is 22.5. The second kappa shape index (κ2) is 8.59. The van der Waals surface area contributed by atoms with Crippen LogP contribution in [0.5, 0.6) is 0 Å². The number of rotatable bonds is 2. The van der Waals surface area contributed by atoms with E-state index in [0.29, 0.717) is 27.6 Å². The van der Waals surface area contributed by atoms with Gasteiger partial charge in [-0.15, -0.1) is 9.24 Å². The van der Waals surface area contributed by atoms with Crippen molar-refractivity contribution in [2.24, 2.45) is 0 Å². The van der Waals surface area contributed by atoms with Crippen LogP contribution in [-0.2, 0) is 0 Å². The highest BCUT2D eigenvalue weighted by Gasteiger charge is 2.22. The van der Waals surface area contributed by atoms with Gasteiger partial charge in [0, 0.05) is 11.1 Å². The van der Waals surface area contributed by atoms with Crippen molar-refractivity contribution < 1.29 is 0 Å². The van der Waals surface area contributed by atoms with Gasteiger partial charge in [0.15, 0.2) is 0 Å². The largest absolute Gasteiger partial charge is 0.192 e. The number of benzene rings is 3. The molecule has 0 aliphatic rings. The van der Waals surface area contributed by atoms with Crippen LogP contribution in [0.25, 0.3) is 22.3 Å². The van der Waals surface area contributed by atoms with Gasteiger partial charge in [-0.05, 0) is 28.6 Å². The molecule has 0 bridgehead atoms. The summed E-state index contributed by atoms with van der Waals surface area (Å²) < 4.78 is 0. The van der Waals surface area contributed by atoms with E-state index in [9.17, 15) is 31.6 Å². The van der Waals surface area contributed by atoms with Crippen LogP contribution >= 0.6 is 9.24 Å². The van der Waals surface area contributed by atoms with Crippen LogP contribution in [0.4, 0.5) is 0 Å². The van der Waals surface area contributed by atoms with Gasteiger partial charge in [0.05, 0.1) is 33.4 Å². The second-order valence-electron chi connectivity index (χ2n) is 6.26. The quantitative estimate of drug-likeness (QED) is 0.587. The molecule has 0 aromatic heterocycles. The van der Waals surface area contributed by atoms with Crippen molar-refractivity contribution >= 4 is 14.5 Å². The molecule has 0 heterocycles. The Morgan fingerprint density at radius 1 is 0.484 bits per heavy atom. The third kappa shape index (κ3) is 3.34. The van der Waals surface area contributed by atoms with Gasteiger partial charge in [-0.1, -0.05) is 30.3 Å². The second-order valence-corrected chi connectivity index (χ2v) is 6.88. The Morgan fingerprint density at radius 3 is 1.45 bits per heavy atom. The molecule has 0 aliphatic carbocycles. The fourth-order valence-corrected chi connectivity index (χ4v) is 3.81. The van der Waals surface area contributed by atoms with Crippen LogP contribution in [-0.4, -0.2) is 0 Å². The predicted molar refractivity (Wildman–Crippen MR) is 115 cm³/mol. The molecule has 0 saturated heterocycles. The highest BCUT2D eigenvalue weighted by Crippen LogP contribution is 2.38. The normalized spacial score (nSPS) is 9.26. The Bertz CT molecular complexity index is 1510. The number of hydrogen-bond acceptors (Lipinski definition) is 6. The molecule has 0 N–H and O–H groups in total. The first-order valence-corrected chi connectivity index (χ1v) is 9.27. The van der Waals surface area contributed by atoms with E-state index in [1.54, 1.807) is 30.3 Å². The summed E-state index contributed by atoms with van der Waals surface area (Å²) in [6.45, 7) is 0. The Kier molecular flexibility index (Phi) is 5.75. The molecule has 0 fully saturated rings. The van der Waals surface area contributed by atoms with Gasteiger partial charge < -0.3 is 0 Å². The molecular weight excluding hydrogens is 403 g/mol. The first kappa shape index (κ1) is 20.8. The van der Waals surface area contributed by atoms with E-state index in [2.05, 4.69) is 9.24 Å². The Labute approximate surface area is 180 Å². The third-order valence-corrected chi connectivity index (χ3v) is 5.24. The SMILES string of the molecule is N#Cc1ccc(-c2cccc(P)c2-c2ccc(C#N)c(C#N)c2C#N)c(C#N)c1C#N. The molecule has 140 valence electrons. The minimum Gasteiger partial charge on any atom is -0.192 e. The van der Waals surface area contributed by atoms with Crippen molar-refractivity contribution in [3.63, 3.8) is 0 Å². The van der Waals surface area contributed by atoms with Crippen molar-refractivity contribution in [3.8, 4) is 58.7 Å². The summed E-state index contributed by atoms with van der Waals surface area (Å²) in [4.78, 5) is 0. The topological polar surface area (TPSA) is 143 Å². The zero-order valence-electron chi connectivity index (χ0n) is 15.8. The molecule has 0 spiro atoms. The van der Waals surface area contributed by atoms with E-state index >= 15 is 0 Å². The summed E-state index contributed by atoms with van der Waals surface area (Å²) in [5.41, 5.74) is 2.18. The molecule has 31 heavy (non-hydrogen) atoms. The minimum absolute atomic E-state index is 0.0272.